The Balaban J connectivity index is 1.50. The van der Waals surface area contributed by atoms with Crippen LogP contribution in [0.15, 0.2) is 70.2 Å². The zero-order valence-corrected chi connectivity index (χ0v) is 18.9. The van der Waals surface area contributed by atoms with Gasteiger partial charge >= 0.3 is 0 Å². The number of methoxy groups -OCH3 is 1. The van der Waals surface area contributed by atoms with E-state index >= 15 is 0 Å². The molecular formula is C22H18N6O2S2. The minimum absolute atomic E-state index is 0.102. The summed E-state index contributed by atoms with van der Waals surface area (Å²) < 4.78 is 8.70. The van der Waals surface area contributed by atoms with Crippen molar-refractivity contribution in [1.82, 2.24) is 29.1 Å². The number of rotatable bonds is 6. The third-order valence-corrected chi connectivity index (χ3v) is 6.60. The molecule has 0 unspecified atom stereocenters. The smallest absolute Gasteiger partial charge is 0.258 e. The van der Waals surface area contributed by atoms with Gasteiger partial charge in [-0.25, -0.2) is 9.97 Å². The summed E-state index contributed by atoms with van der Waals surface area (Å²) in [6.45, 7) is 1.95. The standard InChI is InChI=1S/C22H18N6O2S2/c1-14-5-7-18-24-15(10-20(29)27(18)12-14)13-32-22-26-25-21(17-4-3-9-31-17)28(22)16-6-8-19(30-2)23-11-16/h3-12H,13H2,1-2H3. The molecule has 10 heteroatoms. The first kappa shape index (κ1) is 20.4. The van der Waals surface area contributed by atoms with Crippen LogP contribution in [-0.2, 0) is 5.75 Å². The number of nitrogens with zero attached hydrogens (tertiary/aromatic N) is 6. The van der Waals surface area contributed by atoms with E-state index in [0.717, 1.165) is 22.0 Å². The highest BCUT2D eigenvalue weighted by molar-refractivity contribution is 7.98. The SMILES string of the molecule is COc1ccc(-n2c(SCc3cc(=O)n4cc(C)ccc4n3)nnc2-c2cccs2)cn1. The van der Waals surface area contributed by atoms with E-state index in [9.17, 15) is 4.79 Å². The van der Waals surface area contributed by atoms with Crippen LogP contribution in [0.4, 0.5) is 0 Å². The average Bonchev–Trinajstić information content (AvgIpc) is 3.48. The fourth-order valence-electron chi connectivity index (χ4n) is 3.26. The number of hydrogen-bond donors (Lipinski definition) is 0. The van der Waals surface area contributed by atoms with Crippen LogP contribution in [0, 0.1) is 6.92 Å². The molecule has 5 aromatic heterocycles. The van der Waals surface area contributed by atoms with E-state index in [4.69, 9.17) is 4.74 Å². The summed E-state index contributed by atoms with van der Waals surface area (Å²) in [6.07, 6.45) is 3.52. The maximum atomic E-state index is 12.5. The summed E-state index contributed by atoms with van der Waals surface area (Å²) in [5.74, 6) is 1.74. The van der Waals surface area contributed by atoms with Gasteiger partial charge in [0.05, 0.1) is 29.6 Å². The number of ether oxygens (including phenoxy) is 1. The van der Waals surface area contributed by atoms with Crippen molar-refractivity contribution in [1.29, 1.82) is 0 Å². The Morgan fingerprint density at radius 3 is 2.81 bits per heavy atom. The van der Waals surface area contributed by atoms with Gasteiger partial charge in [-0.15, -0.1) is 21.5 Å². The Labute approximate surface area is 191 Å². The molecular weight excluding hydrogens is 444 g/mol. The van der Waals surface area contributed by atoms with Crippen molar-refractivity contribution >= 4 is 28.7 Å². The van der Waals surface area contributed by atoms with Gasteiger partial charge in [0.2, 0.25) is 5.88 Å². The molecule has 0 spiro atoms. The molecule has 0 N–H and O–H groups in total. The number of fused-ring (bicyclic) bond motifs is 1. The highest BCUT2D eigenvalue weighted by atomic mass is 32.2. The predicted molar refractivity (Wildman–Crippen MR) is 125 cm³/mol. The molecule has 0 aliphatic heterocycles. The van der Waals surface area contributed by atoms with Gasteiger partial charge in [-0.2, -0.15) is 0 Å². The van der Waals surface area contributed by atoms with Crippen molar-refractivity contribution < 1.29 is 4.74 Å². The maximum absolute atomic E-state index is 12.5. The van der Waals surface area contributed by atoms with Crippen molar-refractivity contribution in [2.24, 2.45) is 0 Å². The zero-order chi connectivity index (χ0) is 22.1. The van der Waals surface area contributed by atoms with E-state index in [1.54, 1.807) is 47.4 Å². The van der Waals surface area contributed by atoms with E-state index in [0.29, 0.717) is 28.1 Å². The number of pyridine rings is 2. The first-order valence-electron chi connectivity index (χ1n) is 9.74. The second kappa shape index (κ2) is 8.56. The lowest BCUT2D eigenvalue weighted by Gasteiger charge is -2.10. The minimum atomic E-state index is -0.102. The molecule has 0 aliphatic rings. The van der Waals surface area contributed by atoms with Crippen LogP contribution in [0.25, 0.3) is 22.0 Å². The van der Waals surface area contributed by atoms with Gasteiger partial charge in [-0.1, -0.05) is 23.9 Å². The molecule has 0 saturated heterocycles. The van der Waals surface area contributed by atoms with Crippen LogP contribution < -0.4 is 10.3 Å². The van der Waals surface area contributed by atoms with Crippen LogP contribution in [0.1, 0.15) is 11.3 Å². The Morgan fingerprint density at radius 1 is 1.16 bits per heavy atom. The molecule has 5 heterocycles. The van der Waals surface area contributed by atoms with E-state index < -0.39 is 0 Å². The lowest BCUT2D eigenvalue weighted by Crippen LogP contribution is -2.15. The summed E-state index contributed by atoms with van der Waals surface area (Å²) in [5, 5.41) is 11.5. The Hall–Kier alpha value is -3.50. The summed E-state index contributed by atoms with van der Waals surface area (Å²) in [7, 11) is 1.58. The largest absolute Gasteiger partial charge is 0.481 e. The van der Waals surface area contributed by atoms with Crippen molar-refractivity contribution in [3.8, 4) is 22.3 Å². The van der Waals surface area contributed by atoms with Crippen LogP contribution in [-0.4, -0.2) is 36.2 Å². The predicted octanol–water partition coefficient (Wildman–Crippen LogP) is 4.01. The van der Waals surface area contributed by atoms with Crippen LogP contribution >= 0.6 is 23.1 Å². The monoisotopic (exact) mass is 462 g/mol. The highest BCUT2D eigenvalue weighted by Gasteiger charge is 2.18. The number of aromatic nitrogens is 6. The molecule has 0 aliphatic carbocycles. The third kappa shape index (κ3) is 3.90. The van der Waals surface area contributed by atoms with Gasteiger partial charge in [-0.3, -0.25) is 13.8 Å². The molecule has 32 heavy (non-hydrogen) atoms. The van der Waals surface area contributed by atoms with E-state index in [2.05, 4.69) is 20.2 Å². The Morgan fingerprint density at radius 2 is 2.06 bits per heavy atom. The molecule has 0 amide bonds. The van der Waals surface area contributed by atoms with E-state index in [-0.39, 0.29) is 5.56 Å². The Kier molecular flexibility index (Phi) is 5.46. The topological polar surface area (TPSA) is 87.2 Å². The molecule has 5 rings (SSSR count). The lowest BCUT2D eigenvalue weighted by molar-refractivity contribution is 0.398. The third-order valence-electron chi connectivity index (χ3n) is 4.77. The van der Waals surface area contributed by atoms with Gasteiger partial charge in [0.15, 0.2) is 11.0 Å². The number of hydrogen-bond acceptors (Lipinski definition) is 8. The Bertz CT molecular complexity index is 1440. The first-order chi connectivity index (χ1) is 15.6. The average molecular weight is 463 g/mol. The van der Waals surface area contributed by atoms with Crippen molar-refractivity contribution in [3.05, 3.63) is 81.8 Å². The fraction of sp³-hybridized carbons (Fsp3) is 0.136. The maximum Gasteiger partial charge on any atom is 0.258 e. The van der Waals surface area contributed by atoms with E-state index in [1.807, 2.05) is 47.2 Å². The van der Waals surface area contributed by atoms with Crippen LogP contribution in [0.5, 0.6) is 5.88 Å². The number of aryl methyl sites for hydroxylation is 1. The molecule has 0 atom stereocenters. The van der Waals surface area contributed by atoms with Crippen LogP contribution in [0.2, 0.25) is 0 Å². The normalized spacial score (nSPS) is 11.2. The fourth-order valence-corrected chi connectivity index (χ4v) is 4.80. The van der Waals surface area contributed by atoms with Gasteiger partial charge in [0.25, 0.3) is 5.56 Å². The van der Waals surface area contributed by atoms with Crippen molar-refractivity contribution in [3.63, 3.8) is 0 Å². The summed E-state index contributed by atoms with van der Waals surface area (Å²) in [5.41, 5.74) is 3.03. The van der Waals surface area contributed by atoms with Crippen molar-refractivity contribution in [2.75, 3.05) is 7.11 Å². The summed E-state index contributed by atoms with van der Waals surface area (Å²) in [4.78, 5) is 22.5. The van der Waals surface area contributed by atoms with Gasteiger partial charge in [-0.05, 0) is 36.1 Å². The molecule has 0 aromatic carbocycles. The molecule has 160 valence electrons. The minimum Gasteiger partial charge on any atom is -0.481 e. The first-order valence-corrected chi connectivity index (χ1v) is 11.6. The van der Waals surface area contributed by atoms with Gasteiger partial charge in [0, 0.05) is 24.1 Å². The summed E-state index contributed by atoms with van der Waals surface area (Å²) in [6, 6.07) is 13.1. The molecule has 5 aromatic rings. The zero-order valence-electron chi connectivity index (χ0n) is 17.3. The quantitative estimate of drug-likeness (QED) is 0.352. The van der Waals surface area contributed by atoms with Crippen molar-refractivity contribution in [2.45, 2.75) is 17.8 Å². The second-order valence-corrected chi connectivity index (χ2v) is 8.88. The number of thioether (sulfide) groups is 1. The molecule has 8 nitrogen and oxygen atoms in total. The molecule has 0 radical (unpaired) electrons. The molecule has 0 fully saturated rings. The van der Waals surface area contributed by atoms with E-state index in [1.165, 1.54) is 11.8 Å². The van der Waals surface area contributed by atoms with Gasteiger partial charge < -0.3 is 4.74 Å². The molecule has 0 saturated carbocycles. The highest BCUT2D eigenvalue weighted by Crippen LogP contribution is 2.31. The number of thiophene rings is 1. The lowest BCUT2D eigenvalue weighted by atomic mass is 10.3. The summed E-state index contributed by atoms with van der Waals surface area (Å²) >= 11 is 3.06. The molecule has 0 bridgehead atoms. The second-order valence-electron chi connectivity index (χ2n) is 6.99. The van der Waals surface area contributed by atoms with Gasteiger partial charge in [0.1, 0.15) is 5.65 Å². The van der Waals surface area contributed by atoms with Crippen LogP contribution in [0.3, 0.4) is 0 Å².